The molecule has 1 aromatic carbocycles. The van der Waals surface area contributed by atoms with Gasteiger partial charge in [-0.15, -0.1) is 23.7 Å². The molecule has 0 spiro atoms. The fourth-order valence-corrected chi connectivity index (χ4v) is 3.45. The van der Waals surface area contributed by atoms with Gasteiger partial charge in [-0.2, -0.15) is 0 Å². The van der Waals surface area contributed by atoms with Crippen molar-refractivity contribution in [3.05, 3.63) is 39.8 Å². The molecule has 0 aliphatic carbocycles. The van der Waals surface area contributed by atoms with E-state index < -0.39 is 0 Å². The molecule has 0 atom stereocenters. The van der Waals surface area contributed by atoms with E-state index in [9.17, 15) is 9.59 Å². The van der Waals surface area contributed by atoms with E-state index in [0.29, 0.717) is 30.9 Å². The maximum Gasteiger partial charge on any atom is 0.275 e. The summed E-state index contributed by atoms with van der Waals surface area (Å²) in [6, 6.07) is 5.61. The minimum absolute atomic E-state index is 0. The Kier molecular flexibility index (Phi) is 5.93. The first-order valence-electron chi connectivity index (χ1n) is 7.45. The second-order valence-electron chi connectivity index (χ2n) is 5.38. The van der Waals surface area contributed by atoms with E-state index in [-0.39, 0.29) is 24.2 Å². The van der Waals surface area contributed by atoms with Crippen molar-refractivity contribution in [3.63, 3.8) is 0 Å². The molecular weight excluding hydrogens is 348 g/mol. The molecule has 8 heteroatoms. The van der Waals surface area contributed by atoms with Crippen LogP contribution in [-0.4, -0.2) is 29.9 Å². The highest BCUT2D eigenvalue weighted by Gasteiger charge is 2.22. The minimum atomic E-state index is -0.231. The van der Waals surface area contributed by atoms with Gasteiger partial charge in [0.1, 0.15) is 5.69 Å². The Balaban J connectivity index is 0.00000208. The number of hydrogen-bond donors (Lipinski definition) is 2. The first-order chi connectivity index (χ1) is 11.1. The number of carbonyl (C=O) groups excluding carboxylic acids is 2. The number of nitrogens with one attached hydrogen (secondary N) is 1. The van der Waals surface area contributed by atoms with Crippen LogP contribution in [0.2, 0.25) is 0 Å². The summed E-state index contributed by atoms with van der Waals surface area (Å²) in [5.41, 5.74) is 8.61. The van der Waals surface area contributed by atoms with Gasteiger partial charge in [-0.25, -0.2) is 4.98 Å². The quantitative estimate of drug-likeness (QED) is 0.868. The third-order valence-electron chi connectivity index (χ3n) is 3.76. The normalized spacial score (nSPS) is 12.5. The molecule has 1 aromatic heterocycles. The van der Waals surface area contributed by atoms with Crippen LogP contribution in [0.25, 0.3) is 0 Å². The Morgan fingerprint density at radius 2 is 2.21 bits per heavy atom. The second kappa shape index (κ2) is 7.74. The number of rotatable bonds is 4. The van der Waals surface area contributed by atoms with E-state index in [1.807, 2.05) is 18.2 Å². The lowest BCUT2D eigenvalue weighted by Gasteiger charge is -2.14. The molecule has 6 nitrogen and oxygen atoms in total. The zero-order valence-electron chi connectivity index (χ0n) is 13.2. The largest absolute Gasteiger partial charge is 0.330 e. The molecule has 128 valence electrons. The Morgan fingerprint density at radius 1 is 1.42 bits per heavy atom. The third kappa shape index (κ3) is 3.75. The van der Waals surface area contributed by atoms with Crippen LogP contribution in [0.15, 0.2) is 23.6 Å². The number of amides is 2. The Morgan fingerprint density at radius 3 is 2.92 bits per heavy atom. The van der Waals surface area contributed by atoms with Crippen LogP contribution in [0.1, 0.15) is 28.0 Å². The fourth-order valence-electron chi connectivity index (χ4n) is 2.66. The molecule has 0 saturated carbocycles. The zero-order valence-corrected chi connectivity index (χ0v) is 14.9. The van der Waals surface area contributed by atoms with E-state index in [0.717, 1.165) is 22.7 Å². The molecule has 0 bridgehead atoms. The Hall–Kier alpha value is -1.96. The van der Waals surface area contributed by atoms with Crippen LogP contribution in [0.5, 0.6) is 0 Å². The highest BCUT2D eigenvalue weighted by atomic mass is 35.5. The lowest BCUT2D eigenvalue weighted by molar-refractivity contribution is -0.116. The summed E-state index contributed by atoms with van der Waals surface area (Å²) in [7, 11) is 0. The number of carbonyl (C=O) groups is 2. The number of hydrogen-bond acceptors (Lipinski definition) is 5. The summed E-state index contributed by atoms with van der Waals surface area (Å²) in [4.78, 5) is 29.8. The highest BCUT2D eigenvalue weighted by Crippen LogP contribution is 2.30. The van der Waals surface area contributed by atoms with Crippen molar-refractivity contribution in [1.29, 1.82) is 0 Å². The van der Waals surface area contributed by atoms with Gasteiger partial charge in [-0.3, -0.25) is 9.59 Å². The SMILES string of the molecule is CC(=O)N1CCc2cc(NC(=O)c3csc(CCN)n3)ccc21.Cl. The minimum Gasteiger partial charge on any atom is -0.330 e. The van der Waals surface area contributed by atoms with Crippen molar-refractivity contribution < 1.29 is 9.59 Å². The topological polar surface area (TPSA) is 88.3 Å². The lowest BCUT2D eigenvalue weighted by atomic mass is 10.1. The van der Waals surface area contributed by atoms with Gasteiger partial charge >= 0.3 is 0 Å². The van der Waals surface area contributed by atoms with Gasteiger partial charge in [0.25, 0.3) is 5.91 Å². The molecule has 24 heavy (non-hydrogen) atoms. The smallest absolute Gasteiger partial charge is 0.275 e. The molecule has 0 saturated heterocycles. The number of benzene rings is 1. The van der Waals surface area contributed by atoms with Crippen LogP contribution in [-0.2, 0) is 17.6 Å². The molecule has 2 amide bonds. The summed E-state index contributed by atoms with van der Waals surface area (Å²) >= 11 is 1.44. The van der Waals surface area contributed by atoms with Gasteiger partial charge in [0, 0.05) is 36.6 Å². The summed E-state index contributed by atoms with van der Waals surface area (Å²) in [5.74, 6) is -0.193. The predicted molar refractivity (Wildman–Crippen MR) is 98.2 cm³/mol. The highest BCUT2D eigenvalue weighted by molar-refractivity contribution is 7.09. The molecule has 3 N–H and O–H groups in total. The van der Waals surface area contributed by atoms with E-state index in [1.165, 1.54) is 11.3 Å². The molecule has 0 unspecified atom stereocenters. The van der Waals surface area contributed by atoms with Crippen LogP contribution in [0, 0.1) is 0 Å². The third-order valence-corrected chi connectivity index (χ3v) is 4.66. The van der Waals surface area contributed by atoms with Gasteiger partial charge in [0.2, 0.25) is 5.91 Å². The summed E-state index contributed by atoms with van der Waals surface area (Å²) < 4.78 is 0. The van der Waals surface area contributed by atoms with Gasteiger partial charge in [0.05, 0.1) is 5.01 Å². The first-order valence-corrected chi connectivity index (χ1v) is 8.33. The number of thiazole rings is 1. The fraction of sp³-hybridized carbons (Fsp3) is 0.312. The summed E-state index contributed by atoms with van der Waals surface area (Å²) in [5, 5.41) is 5.46. The number of halogens is 1. The van der Waals surface area contributed by atoms with Crippen molar-refractivity contribution in [2.45, 2.75) is 19.8 Å². The van der Waals surface area contributed by atoms with E-state index in [4.69, 9.17) is 5.73 Å². The van der Waals surface area contributed by atoms with Crippen LogP contribution < -0.4 is 16.0 Å². The van der Waals surface area contributed by atoms with Gasteiger partial charge in [-0.05, 0) is 36.7 Å². The first kappa shape index (κ1) is 18.4. The monoisotopic (exact) mass is 366 g/mol. The summed E-state index contributed by atoms with van der Waals surface area (Å²) in [6.07, 6.45) is 1.48. The number of anilines is 2. The van der Waals surface area contributed by atoms with Crippen LogP contribution in [0.3, 0.4) is 0 Å². The molecule has 0 radical (unpaired) electrons. The van der Waals surface area contributed by atoms with Crippen molar-refractivity contribution in [1.82, 2.24) is 4.98 Å². The average molecular weight is 367 g/mol. The Labute approximate surface area is 150 Å². The number of nitrogens with zero attached hydrogens (tertiary/aromatic N) is 2. The second-order valence-corrected chi connectivity index (χ2v) is 6.33. The van der Waals surface area contributed by atoms with Gasteiger partial charge in [0.15, 0.2) is 0 Å². The molecule has 2 heterocycles. The van der Waals surface area contributed by atoms with Gasteiger partial charge < -0.3 is 16.0 Å². The molecule has 0 fully saturated rings. The van der Waals surface area contributed by atoms with E-state index in [1.54, 1.807) is 17.2 Å². The van der Waals surface area contributed by atoms with Crippen LogP contribution in [0.4, 0.5) is 11.4 Å². The standard InChI is InChI=1S/C16H18N4O2S.ClH/c1-10(21)20-7-5-11-8-12(2-3-14(11)20)18-16(22)13-9-23-15(19-13)4-6-17;/h2-3,8-9H,4-7,17H2,1H3,(H,18,22);1H. The molecule has 3 rings (SSSR count). The molecule has 2 aromatic rings. The zero-order chi connectivity index (χ0) is 16.4. The Bertz CT molecular complexity index is 762. The molecular formula is C16H19ClN4O2S. The maximum atomic E-state index is 12.2. The molecule has 1 aliphatic heterocycles. The number of nitrogens with two attached hydrogens (primary N) is 1. The van der Waals surface area contributed by atoms with E-state index in [2.05, 4.69) is 10.3 Å². The number of aromatic nitrogens is 1. The van der Waals surface area contributed by atoms with Crippen LogP contribution >= 0.6 is 23.7 Å². The molecule has 1 aliphatic rings. The van der Waals surface area contributed by atoms with E-state index >= 15 is 0 Å². The van der Waals surface area contributed by atoms with Crippen molar-refractivity contribution in [2.75, 3.05) is 23.3 Å². The van der Waals surface area contributed by atoms with Gasteiger partial charge in [-0.1, -0.05) is 0 Å². The van der Waals surface area contributed by atoms with Crippen molar-refractivity contribution >= 4 is 46.9 Å². The van der Waals surface area contributed by atoms with Crippen molar-refractivity contribution in [3.8, 4) is 0 Å². The number of fused-ring (bicyclic) bond motifs is 1. The average Bonchev–Trinajstić information content (AvgIpc) is 3.13. The lowest BCUT2D eigenvalue weighted by Crippen LogP contribution is -2.25. The maximum absolute atomic E-state index is 12.2. The predicted octanol–water partition coefficient (Wildman–Crippen LogP) is 2.23. The summed E-state index contributed by atoms with van der Waals surface area (Å²) in [6.45, 7) is 2.77. The van der Waals surface area contributed by atoms with Crippen molar-refractivity contribution in [2.24, 2.45) is 5.73 Å².